The lowest BCUT2D eigenvalue weighted by Gasteiger charge is -2.45. The van der Waals surface area contributed by atoms with Crippen LogP contribution >= 0.6 is 70.0 Å². The van der Waals surface area contributed by atoms with Crippen molar-refractivity contribution in [3.05, 3.63) is 0 Å². The molecule has 0 fully saturated rings. The Bertz CT molecular complexity index is 287. The molecule has 0 aliphatic carbocycles. The summed E-state index contributed by atoms with van der Waals surface area (Å²) in [5.41, 5.74) is 0. The Labute approximate surface area is 157 Å². The zero-order chi connectivity index (χ0) is 17.0. The smallest absolute Gasteiger partial charge is 0.288 e. The van der Waals surface area contributed by atoms with E-state index in [1.807, 2.05) is 41.5 Å². The Morgan fingerprint density at radius 2 is 0.952 bits per heavy atom. The highest BCUT2D eigenvalue weighted by Crippen LogP contribution is 2.76. The van der Waals surface area contributed by atoms with Crippen LogP contribution in [0.3, 0.4) is 0 Å². The predicted molar refractivity (Wildman–Crippen MR) is 101 cm³/mol. The standard InChI is InChI=1S/C11H23BBrCl4O3P/c1-7(2)18-21(19-8(3)4,20-9(5)6)12(13,10(14)15)11(16)17/h7-11H,1-6H3. The van der Waals surface area contributed by atoms with Gasteiger partial charge in [-0.25, -0.2) is 13.6 Å². The molecule has 0 aromatic heterocycles. The van der Waals surface area contributed by atoms with Crippen LogP contribution in [-0.2, 0) is 13.6 Å². The molecule has 0 N–H and O–H groups in total. The molecule has 21 heavy (non-hydrogen) atoms. The third-order valence-corrected chi connectivity index (χ3v) is 12.0. The summed E-state index contributed by atoms with van der Waals surface area (Å²) in [6.07, 6.45) is -0.517. The fourth-order valence-electron chi connectivity index (χ4n) is 1.62. The van der Waals surface area contributed by atoms with E-state index in [4.69, 9.17) is 60.0 Å². The average molecular weight is 467 g/mol. The van der Waals surface area contributed by atoms with E-state index in [0.717, 1.165) is 0 Å². The molecular formula is C11H23BBrCl4O3P. The zero-order valence-corrected chi connectivity index (χ0v) is 18.5. The van der Waals surface area contributed by atoms with Crippen LogP contribution in [0.4, 0.5) is 0 Å². The summed E-state index contributed by atoms with van der Waals surface area (Å²) in [7, 11) is -3.05. The molecule has 0 amide bonds. The minimum atomic E-state index is -3.05. The highest BCUT2D eigenvalue weighted by molar-refractivity contribution is 9.30. The lowest BCUT2D eigenvalue weighted by molar-refractivity contribution is 0.0850. The molecule has 0 saturated heterocycles. The van der Waals surface area contributed by atoms with Crippen molar-refractivity contribution in [2.45, 2.75) is 69.3 Å². The molecule has 0 aliphatic rings. The fraction of sp³-hybridized carbons (Fsp3) is 1.00. The van der Waals surface area contributed by atoms with Crippen molar-refractivity contribution < 1.29 is 13.6 Å². The second kappa shape index (κ2) is 9.49. The van der Waals surface area contributed by atoms with Gasteiger partial charge < -0.3 is 0 Å². The molecule has 0 bridgehead atoms. The first-order valence-electron chi connectivity index (χ1n) is 6.73. The van der Waals surface area contributed by atoms with Crippen LogP contribution in [0.5, 0.6) is 0 Å². The SMILES string of the molecule is CC(C)O[P+](OC(C)C)(OC(C)C)[B-](Br)(C(Cl)Cl)C(Cl)Cl. The molecule has 0 saturated carbocycles. The van der Waals surface area contributed by atoms with Crippen LogP contribution in [0.1, 0.15) is 41.5 Å². The Balaban J connectivity index is 6.01. The van der Waals surface area contributed by atoms with Gasteiger partial charge in [-0.05, 0) is 41.5 Å². The fourth-order valence-corrected chi connectivity index (χ4v) is 8.05. The van der Waals surface area contributed by atoms with Crippen molar-refractivity contribution in [3.63, 3.8) is 0 Å². The van der Waals surface area contributed by atoms with Gasteiger partial charge in [-0.2, -0.15) is 0 Å². The van der Waals surface area contributed by atoms with Gasteiger partial charge in [0.1, 0.15) is 0 Å². The van der Waals surface area contributed by atoms with Gasteiger partial charge in [0.2, 0.25) is 0 Å². The second-order valence-electron chi connectivity index (χ2n) is 5.51. The molecule has 0 spiro atoms. The molecule has 10 heteroatoms. The molecule has 0 unspecified atom stereocenters. The minimum Gasteiger partial charge on any atom is -0.288 e. The topological polar surface area (TPSA) is 27.7 Å². The van der Waals surface area contributed by atoms with Gasteiger partial charge in [0.05, 0.1) is 18.3 Å². The van der Waals surface area contributed by atoms with Crippen LogP contribution in [-0.4, -0.2) is 32.5 Å². The van der Waals surface area contributed by atoms with Crippen molar-refractivity contribution in [2.24, 2.45) is 0 Å². The summed E-state index contributed by atoms with van der Waals surface area (Å²) in [5.74, 6) is 0. The van der Waals surface area contributed by atoms with E-state index in [9.17, 15) is 0 Å². The van der Waals surface area contributed by atoms with Gasteiger partial charge in [-0.3, -0.25) is 15.8 Å². The molecule has 3 nitrogen and oxygen atoms in total. The monoisotopic (exact) mass is 464 g/mol. The largest absolute Gasteiger partial charge is 0.382 e. The van der Waals surface area contributed by atoms with Gasteiger partial charge in [0, 0.05) is 9.47 Å². The summed E-state index contributed by atoms with van der Waals surface area (Å²) in [4.78, 5) is 0. The molecule has 0 heterocycles. The summed E-state index contributed by atoms with van der Waals surface area (Å²) in [5, 5.41) is 0. The number of rotatable bonds is 9. The van der Waals surface area contributed by atoms with E-state index in [1.54, 1.807) is 0 Å². The van der Waals surface area contributed by atoms with Gasteiger partial charge >= 0.3 is 4.69 Å². The van der Waals surface area contributed by atoms with Gasteiger partial charge in [0.25, 0.3) is 7.82 Å². The van der Waals surface area contributed by atoms with Crippen molar-refractivity contribution >= 4 is 74.7 Å². The van der Waals surface area contributed by atoms with Crippen molar-refractivity contribution in [1.82, 2.24) is 0 Å². The summed E-state index contributed by atoms with van der Waals surface area (Å²) in [6.45, 7) is 11.3. The first kappa shape index (κ1) is 23.0. The quantitative estimate of drug-likeness (QED) is 0.219. The van der Waals surface area contributed by atoms with Crippen molar-refractivity contribution in [2.75, 3.05) is 0 Å². The minimum absolute atomic E-state index is 0.172. The van der Waals surface area contributed by atoms with Crippen LogP contribution in [0, 0.1) is 0 Å². The third-order valence-electron chi connectivity index (χ3n) is 2.26. The second-order valence-corrected chi connectivity index (χ2v) is 12.6. The van der Waals surface area contributed by atoms with Crippen LogP contribution in [0.2, 0.25) is 0 Å². The molecule has 128 valence electrons. The highest BCUT2D eigenvalue weighted by Gasteiger charge is 2.67. The number of halogens is 5. The zero-order valence-electron chi connectivity index (χ0n) is 13.0. The Hall–Kier alpha value is 2.01. The lowest BCUT2D eigenvalue weighted by atomic mass is 9.81. The van der Waals surface area contributed by atoms with Crippen LogP contribution < -0.4 is 0 Å². The van der Waals surface area contributed by atoms with Gasteiger partial charge in [0.15, 0.2) is 0 Å². The van der Waals surface area contributed by atoms with E-state index in [2.05, 4.69) is 15.8 Å². The number of alkyl halides is 4. The van der Waals surface area contributed by atoms with E-state index in [0.29, 0.717) is 0 Å². The van der Waals surface area contributed by atoms with Crippen LogP contribution in [0.25, 0.3) is 0 Å². The molecule has 0 rings (SSSR count). The summed E-state index contributed by atoms with van der Waals surface area (Å²) in [6, 6.07) is 0. The predicted octanol–water partition coefficient (Wildman–Crippen LogP) is 6.55. The van der Waals surface area contributed by atoms with Gasteiger partial charge in [-0.15, -0.1) is 46.4 Å². The van der Waals surface area contributed by atoms with E-state index in [1.165, 1.54) is 0 Å². The summed E-state index contributed by atoms with van der Waals surface area (Å²) < 4.78 is 14.2. The Kier molecular flexibility index (Phi) is 10.4. The van der Waals surface area contributed by atoms with Crippen molar-refractivity contribution in [1.29, 1.82) is 0 Å². The number of hydrogen-bond donors (Lipinski definition) is 0. The maximum atomic E-state index is 6.18. The van der Waals surface area contributed by atoms with E-state index in [-0.39, 0.29) is 18.3 Å². The highest BCUT2D eigenvalue weighted by atomic mass is 79.9. The van der Waals surface area contributed by atoms with Crippen molar-refractivity contribution in [3.8, 4) is 0 Å². The number of hydrogen-bond acceptors (Lipinski definition) is 3. The molecular weight excluding hydrogens is 444 g/mol. The molecule has 0 aromatic rings. The van der Waals surface area contributed by atoms with E-state index < -0.39 is 22.0 Å². The summed E-state index contributed by atoms with van der Waals surface area (Å²) >= 11 is 28.3. The molecule has 0 radical (unpaired) electrons. The molecule has 0 aliphatic heterocycles. The first-order chi connectivity index (χ1) is 9.39. The normalized spacial score (nSPS) is 14.3. The Morgan fingerprint density at radius 3 is 1.10 bits per heavy atom. The average Bonchev–Trinajstić information content (AvgIpc) is 2.23. The van der Waals surface area contributed by atoms with Gasteiger partial charge in [-0.1, -0.05) is 0 Å². The third kappa shape index (κ3) is 6.10. The maximum absolute atomic E-state index is 6.18. The lowest BCUT2D eigenvalue weighted by Crippen LogP contribution is -2.49. The molecule has 0 atom stereocenters. The Morgan fingerprint density at radius 1 is 0.714 bits per heavy atom. The first-order valence-corrected chi connectivity index (χ1v) is 11.0. The van der Waals surface area contributed by atoms with Crippen LogP contribution in [0.15, 0.2) is 0 Å². The molecule has 0 aromatic carbocycles. The maximum Gasteiger partial charge on any atom is 0.382 e. The van der Waals surface area contributed by atoms with E-state index >= 15 is 0 Å².